The van der Waals surface area contributed by atoms with Crippen LogP contribution in [0.15, 0.2) is 48.5 Å². The lowest BCUT2D eigenvalue weighted by Crippen LogP contribution is -2.43. The zero-order valence-corrected chi connectivity index (χ0v) is 19.5. The number of nitrogens with one attached hydrogen (secondary N) is 1. The van der Waals surface area contributed by atoms with Crippen molar-refractivity contribution in [2.75, 3.05) is 17.8 Å². The summed E-state index contributed by atoms with van der Waals surface area (Å²) in [5.41, 5.74) is 1.89. The summed E-state index contributed by atoms with van der Waals surface area (Å²) in [7, 11) is -3.51. The van der Waals surface area contributed by atoms with E-state index in [1.165, 1.54) is 12.5 Å². The highest BCUT2D eigenvalue weighted by molar-refractivity contribution is 7.93. The van der Waals surface area contributed by atoms with Gasteiger partial charge in [0, 0.05) is 25.7 Å². The van der Waals surface area contributed by atoms with E-state index in [0.717, 1.165) is 12.2 Å². The molecule has 0 saturated carbocycles. The van der Waals surface area contributed by atoms with Crippen LogP contribution in [0.3, 0.4) is 0 Å². The van der Waals surface area contributed by atoms with E-state index < -0.39 is 15.3 Å². The molecule has 1 amide bonds. The Morgan fingerprint density at radius 2 is 1.55 bits per heavy atom. The van der Waals surface area contributed by atoms with Crippen molar-refractivity contribution in [2.24, 2.45) is 0 Å². The summed E-state index contributed by atoms with van der Waals surface area (Å²) in [6, 6.07) is 15.0. The van der Waals surface area contributed by atoms with Crippen molar-refractivity contribution in [3.63, 3.8) is 0 Å². The van der Waals surface area contributed by atoms with E-state index in [2.05, 4.69) is 37.6 Å². The lowest BCUT2D eigenvalue weighted by Gasteiger charge is -2.31. The molecule has 2 aromatic rings. The van der Waals surface area contributed by atoms with Gasteiger partial charge in [0.05, 0.1) is 5.25 Å². The molecule has 0 radical (unpaired) electrons. The van der Waals surface area contributed by atoms with E-state index in [1.54, 1.807) is 29.2 Å². The molecule has 1 aliphatic heterocycles. The predicted molar refractivity (Wildman–Crippen MR) is 124 cm³/mol. The number of hydrogen-bond acceptors (Lipinski definition) is 4. The number of carbonyl (C=O) groups excluding carboxylic acids is 1. The van der Waals surface area contributed by atoms with Crippen LogP contribution in [0.4, 0.5) is 5.69 Å². The molecule has 0 unspecified atom stereocenters. The standard InChI is InChI=1S/C24H32N2O4S/c1-5-24(3,4)19-6-10-21(11-7-19)30-22-12-8-20(9-13-22)25-31(28,29)23-14-16-26(17-15-23)18(2)27/h6-13,23,25H,5,14-17H2,1-4H3. The Morgan fingerprint density at radius 3 is 2.03 bits per heavy atom. The Kier molecular flexibility index (Phi) is 6.94. The molecule has 168 valence electrons. The fourth-order valence-electron chi connectivity index (χ4n) is 3.63. The van der Waals surface area contributed by atoms with Gasteiger partial charge in [-0.3, -0.25) is 9.52 Å². The normalized spacial score (nSPS) is 15.5. The fraction of sp³-hybridized carbons (Fsp3) is 0.458. The summed E-state index contributed by atoms with van der Waals surface area (Å²) >= 11 is 0. The molecular formula is C24H32N2O4S. The second kappa shape index (κ2) is 9.30. The first-order valence-corrected chi connectivity index (χ1v) is 12.3. The zero-order valence-electron chi connectivity index (χ0n) is 18.7. The highest BCUT2D eigenvalue weighted by Gasteiger charge is 2.30. The van der Waals surface area contributed by atoms with Gasteiger partial charge in [0.25, 0.3) is 0 Å². The molecule has 1 fully saturated rings. The Morgan fingerprint density at radius 1 is 1.03 bits per heavy atom. The molecule has 7 heteroatoms. The minimum Gasteiger partial charge on any atom is -0.457 e. The Hall–Kier alpha value is -2.54. The summed E-state index contributed by atoms with van der Waals surface area (Å²) in [5, 5.41) is -0.495. The number of hydrogen-bond donors (Lipinski definition) is 1. The maximum Gasteiger partial charge on any atom is 0.235 e. The molecule has 0 aliphatic carbocycles. The molecule has 1 heterocycles. The van der Waals surface area contributed by atoms with Gasteiger partial charge in [0.2, 0.25) is 15.9 Å². The van der Waals surface area contributed by atoms with Gasteiger partial charge in [-0.15, -0.1) is 0 Å². The van der Waals surface area contributed by atoms with Crippen LogP contribution in [0.2, 0.25) is 0 Å². The number of sulfonamides is 1. The Balaban J connectivity index is 1.59. The average Bonchev–Trinajstić information content (AvgIpc) is 2.75. The van der Waals surface area contributed by atoms with Crippen LogP contribution >= 0.6 is 0 Å². The molecule has 1 N–H and O–H groups in total. The average molecular weight is 445 g/mol. The quantitative estimate of drug-likeness (QED) is 0.658. The Bertz CT molecular complexity index is 991. The highest BCUT2D eigenvalue weighted by Crippen LogP contribution is 2.30. The zero-order chi connectivity index (χ0) is 22.6. The number of ether oxygens (including phenoxy) is 1. The summed E-state index contributed by atoms with van der Waals surface area (Å²) in [4.78, 5) is 13.1. The van der Waals surface area contributed by atoms with Crippen LogP contribution in [0.25, 0.3) is 0 Å². The van der Waals surface area contributed by atoms with Crippen LogP contribution in [-0.2, 0) is 20.2 Å². The third kappa shape index (κ3) is 5.79. The first kappa shape index (κ1) is 23.1. The van der Waals surface area contributed by atoms with Gasteiger partial charge < -0.3 is 9.64 Å². The summed E-state index contributed by atoms with van der Waals surface area (Å²) in [5.74, 6) is 1.37. The first-order chi connectivity index (χ1) is 14.6. The van der Waals surface area contributed by atoms with E-state index in [-0.39, 0.29) is 11.3 Å². The third-order valence-corrected chi connectivity index (χ3v) is 8.07. The van der Waals surface area contributed by atoms with Crippen LogP contribution in [0.5, 0.6) is 11.5 Å². The summed E-state index contributed by atoms with van der Waals surface area (Å²) in [6.45, 7) is 9.07. The highest BCUT2D eigenvalue weighted by atomic mass is 32.2. The van der Waals surface area contributed by atoms with Crippen molar-refractivity contribution in [3.05, 3.63) is 54.1 Å². The van der Waals surface area contributed by atoms with Crippen molar-refractivity contribution in [1.82, 2.24) is 4.90 Å². The summed E-state index contributed by atoms with van der Waals surface area (Å²) in [6.07, 6.45) is 1.95. The van der Waals surface area contributed by atoms with Crippen molar-refractivity contribution < 1.29 is 17.9 Å². The van der Waals surface area contributed by atoms with Crippen LogP contribution in [0, 0.1) is 0 Å². The number of benzene rings is 2. The van der Waals surface area contributed by atoms with Crippen molar-refractivity contribution in [2.45, 2.75) is 57.6 Å². The number of likely N-dealkylation sites (tertiary alicyclic amines) is 1. The monoisotopic (exact) mass is 444 g/mol. The fourth-order valence-corrected chi connectivity index (χ4v) is 5.10. The topological polar surface area (TPSA) is 75.7 Å². The van der Waals surface area contributed by atoms with Gasteiger partial charge in [-0.05, 0) is 66.6 Å². The number of amides is 1. The maximum atomic E-state index is 12.7. The van der Waals surface area contributed by atoms with Gasteiger partial charge in [-0.1, -0.05) is 32.9 Å². The number of rotatable bonds is 7. The van der Waals surface area contributed by atoms with E-state index in [0.29, 0.717) is 37.4 Å². The lowest BCUT2D eigenvalue weighted by molar-refractivity contribution is -0.129. The number of nitrogens with zero attached hydrogens (tertiary/aromatic N) is 1. The number of carbonyl (C=O) groups is 1. The Labute approximate surface area is 185 Å². The molecule has 6 nitrogen and oxygen atoms in total. The van der Waals surface area contributed by atoms with E-state index in [9.17, 15) is 13.2 Å². The smallest absolute Gasteiger partial charge is 0.235 e. The molecule has 1 saturated heterocycles. The molecule has 1 aliphatic rings. The van der Waals surface area contributed by atoms with Crippen molar-refractivity contribution in [1.29, 1.82) is 0 Å². The van der Waals surface area contributed by atoms with Gasteiger partial charge in [-0.2, -0.15) is 0 Å². The second-order valence-electron chi connectivity index (χ2n) is 8.74. The van der Waals surface area contributed by atoms with Crippen molar-refractivity contribution in [3.8, 4) is 11.5 Å². The molecule has 3 rings (SSSR count). The molecule has 0 bridgehead atoms. The second-order valence-corrected chi connectivity index (χ2v) is 10.7. The molecular weight excluding hydrogens is 412 g/mol. The minimum atomic E-state index is -3.51. The van der Waals surface area contributed by atoms with E-state index in [1.807, 2.05) is 12.1 Å². The maximum absolute atomic E-state index is 12.7. The minimum absolute atomic E-state index is 0.0110. The van der Waals surface area contributed by atoms with Crippen LogP contribution in [0.1, 0.15) is 52.5 Å². The van der Waals surface area contributed by atoms with E-state index >= 15 is 0 Å². The number of piperidine rings is 1. The third-order valence-electron chi connectivity index (χ3n) is 6.20. The molecule has 0 aromatic heterocycles. The predicted octanol–water partition coefficient (Wildman–Crippen LogP) is 4.92. The molecule has 2 aromatic carbocycles. The van der Waals surface area contributed by atoms with Crippen LogP contribution < -0.4 is 9.46 Å². The summed E-state index contributed by atoms with van der Waals surface area (Å²) < 4.78 is 34.0. The van der Waals surface area contributed by atoms with Gasteiger partial charge in [0.1, 0.15) is 11.5 Å². The lowest BCUT2D eigenvalue weighted by atomic mass is 9.82. The number of anilines is 1. The molecule has 0 spiro atoms. The molecule has 0 atom stereocenters. The van der Waals surface area contributed by atoms with Crippen molar-refractivity contribution >= 4 is 21.6 Å². The van der Waals surface area contributed by atoms with Gasteiger partial charge in [0.15, 0.2) is 0 Å². The molecule has 31 heavy (non-hydrogen) atoms. The SMILES string of the molecule is CCC(C)(C)c1ccc(Oc2ccc(NS(=O)(=O)C3CCN(C(C)=O)CC3)cc2)cc1. The van der Waals surface area contributed by atoms with Crippen LogP contribution in [-0.4, -0.2) is 37.6 Å². The van der Waals surface area contributed by atoms with Gasteiger partial charge in [-0.25, -0.2) is 8.42 Å². The first-order valence-electron chi connectivity index (χ1n) is 10.8. The van der Waals surface area contributed by atoms with Gasteiger partial charge >= 0.3 is 0 Å². The largest absolute Gasteiger partial charge is 0.457 e. The van der Waals surface area contributed by atoms with E-state index in [4.69, 9.17) is 4.74 Å².